The molecule has 0 aliphatic carbocycles. The second-order valence-corrected chi connectivity index (χ2v) is 7.49. The predicted molar refractivity (Wildman–Crippen MR) is 126 cm³/mol. The van der Waals surface area contributed by atoms with Crippen molar-refractivity contribution in [3.05, 3.63) is 71.3 Å². The first kappa shape index (κ1) is 22.3. The van der Waals surface area contributed by atoms with Gasteiger partial charge in [-0.15, -0.1) is 0 Å². The fourth-order valence-electron chi connectivity index (χ4n) is 3.49. The molecule has 31 heavy (non-hydrogen) atoms. The fourth-order valence-corrected chi connectivity index (χ4v) is 3.49. The summed E-state index contributed by atoms with van der Waals surface area (Å²) in [5, 5.41) is 6.36. The number of hydrazone groups is 1. The quantitative estimate of drug-likeness (QED) is 0.353. The van der Waals surface area contributed by atoms with Crippen LogP contribution in [0.3, 0.4) is 0 Å². The average Bonchev–Trinajstić information content (AvgIpc) is 2.79. The number of fused-ring (bicyclic) bond motifs is 1. The van der Waals surface area contributed by atoms with Gasteiger partial charge in [-0.25, -0.2) is 5.43 Å². The summed E-state index contributed by atoms with van der Waals surface area (Å²) in [4.78, 5) is 12.3. The van der Waals surface area contributed by atoms with E-state index in [2.05, 4.69) is 36.5 Å². The lowest BCUT2D eigenvalue weighted by atomic mass is 10.0. The Bertz CT molecular complexity index is 1060. The second-order valence-electron chi connectivity index (χ2n) is 7.49. The topological polar surface area (TPSA) is 59.9 Å². The van der Waals surface area contributed by atoms with Gasteiger partial charge in [-0.1, -0.05) is 43.3 Å². The smallest absolute Gasteiger partial charge is 0.240 e. The Morgan fingerprint density at radius 1 is 1.13 bits per heavy atom. The Kier molecular flexibility index (Phi) is 8.05. The summed E-state index contributed by atoms with van der Waals surface area (Å²) in [6, 6.07) is 18.1. The Balaban J connectivity index is 1.59. The molecule has 0 heterocycles. The molecule has 0 fully saturated rings. The van der Waals surface area contributed by atoms with Crippen molar-refractivity contribution in [2.75, 3.05) is 13.7 Å². The summed E-state index contributed by atoms with van der Waals surface area (Å²) in [5.74, 6) is 1.52. The molecule has 1 N–H and O–H groups in total. The van der Waals surface area contributed by atoms with Gasteiger partial charge in [0.2, 0.25) is 5.91 Å². The van der Waals surface area contributed by atoms with E-state index in [1.165, 1.54) is 11.1 Å². The first-order valence-electron chi connectivity index (χ1n) is 10.7. The number of aryl methyl sites for hydroxylation is 2. The molecule has 5 nitrogen and oxygen atoms in total. The minimum absolute atomic E-state index is 0.0984. The number of nitrogens with zero attached hydrogens (tertiary/aromatic N) is 1. The van der Waals surface area contributed by atoms with Crippen molar-refractivity contribution in [3.63, 3.8) is 0 Å². The molecule has 0 aromatic heterocycles. The average molecular weight is 419 g/mol. The van der Waals surface area contributed by atoms with Crippen LogP contribution in [0.25, 0.3) is 10.8 Å². The number of methoxy groups -OCH3 is 1. The number of hydrogen-bond donors (Lipinski definition) is 1. The van der Waals surface area contributed by atoms with E-state index >= 15 is 0 Å². The van der Waals surface area contributed by atoms with Gasteiger partial charge in [0.05, 0.1) is 19.9 Å². The van der Waals surface area contributed by atoms with Gasteiger partial charge in [0.15, 0.2) is 0 Å². The van der Waals surface area contributed by atoms with Crippen molar-refractivity contribution < 1.29 is 14.3 Å². The van der Waals surface area contributed by atoms with E-state index in [0.717, 1.165) is 47.1 Å². The molecule has 0 saturated heterocycles. The minimum atomic E-state index is -0.0984. The van der Waals surface area contributed by atoms with E-state index in [-0.39, 0.29) is 5.91 Å². The summed E-state index contributed by atoms with van der Waals surface area (Å²) >= 11 is 0. The molecule has 162 valence electrons. The predicted octanol–water partition coefficient (Wildman–Crippen LogP) is 5.42. The standard InChI is InChI=1S/C26H30N2O3/c1-4-16-31-25-15-13-21-8-5-6-10-23(21)24(25)18-27-28-26(29)11-7-9-20-12-14-22(30-3)17-19(20)2/h5-6,8,10,12-15,17-18H,4,7,9,11,16H2,1-3H3,(H,28,29)/b27-18-. The maximum Gasteiger partial charge on any atom is 0.240 e. The summed E-state index contributed by atoms with van der Waals surface area (Å²) in [6.45, 7) is 4.77. The monoisotopic (exact) mass is 418 g/mol. The van der Waals surface area contributed by atoms with Gasteiger partial charge in [-0.3, -0.25) is 4.79 Å². The SMILES string of the molecule is CCCOc1ccc2ccccc2c1/C=N\NC(=O)CCCc1ccc(OC)cc1C. The van der Waals surface area contributed by atoms with Crippen LogP contribution in [-0.2, 0) is 11.2 Å². The van der Waals surface area contributed by atoms with Gasteiger partial charge in [0.25, 0.3) is 0 Å². The van der Waals surface area contributed by atoms with E-state index < -0.39 is 0 Å². The van der Waals surface area contributed by atoms with Gasteiger partial charge in [-0.2, -0.15) is 5.10 Å². The molecule has 0 radical (unpaired) electrons. The third kappa shape index (κ3) is 6.07. The Morgan fingerprint density at radius 3 is 2.74 bits per heavy atom. The maximum atomic E-state index is 12.3. The van der Waals surface area contributed by atoms with Gasteiger partial charge in [0, 0.05) is 12.0 Å². The normalized spacial score (nSPS) is 11.1. The van der Waals surface area contributed by atoms with Crippen LogP contribution < -0.4 is 14.9 Å². The van der Waals surface area contributed by atoms with Crippen molar-refractivity contribution in [3.8, 4) is 11.5 Å². The molecule has 0 saturated carbocycles. The Hall–Kier alpha value is -3.34. The molecule has 0 aliphatic rings. The molecular formula is C26H30N2O3. The number of carbonyl (C=O) groups excluding carboxylic acids is 1. The number of benzene rings is 3. The van der Waals surface area contributed by atoms with Crippen LogP contribution in [0, 0.1) is 6.92 Å². The zero-order valence-corrected chi connectivity index (χ0v) is 18.5. The van der Waals surface area contributed by atoms with Crippen molar-refractivity contribution >= 4 is 22.9 Å². The van der Waals surface area contributed by atoms with E-state index in [0.29, 0.717) is 13.0 Å². The zero-order chi connectivity index (χ0) is 22.1. The molecule has 0 unspecified atom stereocenters. The largest absolute Gasteiger partial charge is 0.497 e. The Labute approximate surface area is 184 Å². The lowest BCUT2D eigenvalue weighted by Crippen LogP contribution is -2.17. The van der Waals surface area contributed by atoms with Crippen LogP contribution in [0.15, 0.2) is 59.7 Å². The number of ether oxygens (including phenoxy) is 2. The zero-order valence-electron chi connectivity index (χ0n) is 18.5. The molecule has 0 aliphatic heterocycles. The molecule has 3 aromatic rings. The molecule has 3 rings (SSSR count). The van der Waals surface area contributed by atoms with Crippen molar-refractivity contribution in [1.29, 1.82) is 0 Å². The molecule has 0 atom stereocenters. The maximum absolute atomic E-state index is 12.3. The number of carbonyl (C=O) groups is 1. The summed E-state index contributed by atoms with van der Waals surface area (Å²) in [7, 11) is 1.66. The van der Waals surface area contributed by atoms with Crippen LogP contribution in [-0.4, -0.2) is 25.8 Å². The molecule has 1 amide bonds. The molecule has 0 bridgehead atoms. The highest BCUT2D eigenvalue weighted by molar-refractivity contribution is 6.02. The summed E-state index contributed by atoms with van der Waals surface area (Å²) in [6.07, 6.45) is 4.61. The number of hydrogen-bond acceptors (Lipinski definition) is 4. The van der Waals surface area contributed by atoms with Crippen molar-refractivity contribution in [2.24, 2.45) is 5.10 Å². The number of nitrogens with one attached hydrogen (secondary N) is 1. The molecular weight excluding hydrogens is 388 g/mol. The van der Waals surface area contributed by atoms with Gasteiger partial charge >= 0.3 is 0 Å². The second kappa shape index (κ2) is 11.2. The first-order valence-corrected chi connectivity index (χ1v) is 10.7. The molecule has 0 spiro atoms. The van der Waals surface area contributed by atoms with Crippen molar-refractivity contribution in [1.82, 2.24) is 5.43 Å². The van der Waals surface area contributed by atoms with Crippen LogP contribution in [0.2, 0.25) is 0 Å². The number of rotatable bonds is 10. The third-order valence-corrected chi connectivity index (χ3v) is 5.17. The van der Waals surface area contributed by atoms with Crippen LogP contribution in [0.4, 0.5) is 0 Å². The number of amides is 1. The minimum Gasteiger partial charge on any atom is -0.497 e. The highest BCUT2D eigenvalue weighted by atomic mass is 16.5. The van der Waals surface area contributed by atoms with Crippen LogP contribution in [0.5, 0.6) is 11.5 Å². The first-order chi connectivity index (χ1) is 15.1. The lowest BCUT2D eigenvalue weighted by molar-refractivity contribution is -0.121. The van der Waals surface area contributed by atoms with E-state index in [4.69, 9.17) is 9.47 Å². The van der Waals surface area contributed by atoms with Crippen molar-refractivity contribution in [2.45, 2.75) is 39.5 Å². The third-order valence-electron chi connectivity index (χ3n) is 5.17. The Morgan fingerprint density at radius 2 is 1.97 bits per heavy atom. The molecule has 3 aromatic carbocycles. The van der Waals surface area contributed by atoms with E-state index in [9.17, 15) is 4.79 Å². The molecule has 5 heteroatoms. The van der Waals surface area contributed by atoms with E-state index in [1.807, 2.05) is 42.5 Å². The van der Waals surface area contributed by atoms with Crippen LogP contribution in [0.1, 0.15) is 42.9 Å². The van der Waals surface area contributed by atoms with Crippen LogP contribution >= 0.6 is 0 Å². The highest BCUT2D eigenvalue weighted by Crippen LogP contribution is 2.27. The summed E-state index contributed by atoms with van der Waals surface area (Å²) in [5.41, 5.74) is 5.93. The van der Waals surface area contributed by atoms with E-state index in [1.54, 1.807) is 13.3 Å². The fraction of sp³-hybridized carbons (Fsp3) is 0.308. The van der Waals surface area contributed by atoms with Gasteiger partial charge < -0.3 is 9.47 Å². The highest BCUT2D eigenvalue weighted by Gasteiger charge is 2.08. The summed E-state index contributed by atoms with van der Waals surface area (Å²) < 4.78 is 11.1. The van der Waals surface area contributed by atoms with Gasteiger partial charge in [0.1, 0.15) is 11.5 Å². The van der Waals surface area contributed by atoms with Gasteiger partial charge in [-0.05, 0) is 66.3 Å². The lowest BCUT2D eigenvalue weighted by Gasteiger charge is -2.11.